The summed E-state index contributed by atoms with van der Waals surface area (Å²) in [4.78, 5) is 56.0. The summed E-state index contributed by atoms with van der Waals surface area (Å²) in [7, 11) is 0. The Kier molecular flexibility index (Phi) is 19.7. The van der Waals surface area contributed by atoms with Gasteiger partial charge < -0.3 is 10.8 Å². The maximum atomic E-state index is 7.79. The summed E-state index contributed by atoms with van der Waals surface area (Å²) in [6.45, 7) is 0. The summed E-state index contributed by atoms with van der Waals surface area (Å²) in [6, 6.07) is 51.3. The van der Waals surface area contributed by atoms with Crippen LogP contribution >= 0.6 is 0 Å². The average Bonchev–Trinajstić information content (AvgIpc) is 3.49. The molecule has 10 aromatic rings. The molecule has 18 nitrogen and oxygen atoms in total. The molecule has 0 saturated heterocycles. The van der Waals surface area contributed by atoms with Crippen molar-refractivity contribution in [2.45, 2.75) is 0 Å². The van der Waals surface area contributed by atoms with E-state index in [9.17, 15) is 0 Å². The van der Waals surface area contributed by atoms with E-state index in [1.54, 1.807) is 49.6 Å². The Morgan fingerprint density at radius 3 is 0.493 bits per heavy atom. The van der Waals surface area contributed by atoms with Gasteiger partial charge in [-0.15, -0.1) is 0 Å². The number of pyridine rings is 8. The summed E-state index contributed by atoms with van der Waals surface area (Å²) in [5.41, 5.74) is 10.1. The number of hydrogen-bond acceptors (Lipinski definition) is 16. The number of nitriles is 4. The van der Waals surface area contributed by atoms with Crippen LogP contribution in [0.15, 0.2) is 206 Å². The fourth-order valence-corrected chi connectivity index (χ4v) is 6.47. The minimum Gasteiger partial charge on any atom is -0.762 e. The Labute approximate surface area is 439 Å². The monoisotopic (exact) mass is 1020 g/mol. The maximum Gasteiger partial charge on any atom is 2.00 e. The smallest absolute Gasteiger partial charge is 0.762 e. The Morgan fingerprint density at radius 2 is 0.413 bits per heavy atom. The normalized spacial score (nSPS) is 9.44. The van der Waals surface area contributed by atoms with Crippen molar-refractivity contribution in [3.05, 3.63) is 217 Å². The number of rotatable bonds is 8. The molecule has 0 aliphatic carbocycles. The Balaban J connectivity index is 0.000000193. The summed E-state index contributed by atoms with van der Waals surface area (Å²) in [5, 5.41) is 46.8. The van der Waals surface area contributed by atoms with E-state index in [0.29, 0.717) is 45.6 Å². The summed E-state index contributed by atoms with van der Waals surface area (Å²) >= 11 is 0. The van der Waals surface area contributed by atoms with Crippen molar-refractivity contribution in [3.63, 3.8) is 0 Å². The summed E-state index contributed by atoms with van der Waals surface area (Å²) in [5.74, 6) is 2.79. The van der Waals surface area contributed by atoms with Crippen molar-refractivity contribution in [2.24, 2.45) is 0 Å². The average molecular weight is 1020 g/mol. The second-order valence-electron chi connectivity index (χ2n) is 14.4. The van der Waals surface area contributed by atoms with Crippen molar-refractivity contribution in [3.8, 4) is 115 Å². The molecule has 0 spiro atoms. The zero-order valence-electron chi connectivity index (χ0n) is 38.9. The van der Waals surface area contributed by atoms with E-state index in [0.717, 1.165) is 45.6 Å². The predicted molar refractivity (Wildman–Crippen MR) is 276 cm³/mol. The van der Waals surface area contributed by atoms with Crippen LogP contribution in [0.3, 0.4) is 0 Å². The van der Waals surface area contributed by atoms with Gasteiger partial charge in [-0.2, -0.15) is 21.0 Å². The van der Waals surface area contributed by atoms with Crippen LogP contribution < -0.4 is 0 Å². The molecule has 0 bridgehead atoms. The number of allylic oxidation sites excluding steroid dienone is 2. The topological polar surface area (TPSA) is 294 Å². The molecule has 10 rings (SSSR count). The second-order valence-corrected chi connectivity index (χ2v) is 14.4. The van der Waals surface area contributed by atoms with Crippen molar-refractivity contribution < 1.29 is 16.8 Å². The Bertz CT molecular complexity index is 3060. The molecular formula is C56H32CoN18. The van der Waals surface area contributed by atoms with Crippen LogP contribution in [-0.2, 0) is 16.8 Å². The summed E-state index contributed by atoms with van der Waals surface area (Å²) < 4.78 is 0. The molecule has 0 aliphatic heterocycles. The molecule has 0 unspecified atom stereocenters. The van der Waals surface area contributed by atoms with Crippen LogP contribution in [-0.4, -0.2) is 71.5 Å². The molecule has 0 atom stereocenters. The molecular weight excluding hydrogens is 984 g/mol. The molecule has 0 aromatic carbocycles. The van der Waals surface area contributed by atoms with Gasteiger partial charge in [-0.1, -0.05) is 48.5 Å². The number of hydrogen-bond donors (Lipinski definition) is 0. The predicted octanol–water partition coefficient (Wildman–Crippen LogP) is 9.84. The van der Waals surface area contributed by atoms with Crippen LogP contribution in [0.5, 0.6) is 0 Å². The van der Waals surface area contributed by atoms with Gasteiger partial charge in [0.15, 0.2) is 0 Å². The van der Waals surface area contributed by atoms with Gasteiger partial charge in [0.1, 0.15) is 81.0 Å². The zero-order valence-corrected chi connectivity index (χ0v) is 39.9. The molecule has 0 amide bonds. The third kappa shape index (κ3) is 14.0. The standard InChI is InChI=1S/2C24H16N6.2C4N3.Co/c2*1-5-13-25-17(9-1)21-22(18-10-2-6-14-26-18)30-24(20-12-4-8-16-28-20)23(29-21)19-11-3-7-15-27-19;2*5-1-4(2-6)3-7;/h2*1-16H;;;/q;;2*-1;+2. The molecule has 0 aliphatic rings. The van der Waals surface area contributed by atoms with Crippen molar-refractivity contribution in [1.82, 2.24) is 59.8 Å². The zero-order chi connectivity index (χ0) is 51.7. The molecule has 75 heavy (non-hydrogen) atoms. The van der Waals surface area contributed by atoms with Gasteiger partial charge in [-0.05, 0) is 97.1 Å². The number of nitrogens with zero attached hydrogens (tertiary/aromatic N) is 18. The van der Waals surface area contributed by atoms with Gasteiger partial charge in [-0.3, -0.25) is 39.9 Å². The van der Waals surface area contributed by atoms with E-state index in [1.807, 2.05) is 146 Å². The second kappa shape index (κ2) is 27.8. The third-order valence-electron chi connectivity index (χ3n) is 9.72. The van der Waals surface area contributed by atoms with Gasteiger partial charge in [0.2, 0.25) is 0 Å². The first-order valence-electron chi connectivity index (χ1n) is 21.8. The Morgan fingerprint density at radius 1 is 0.267 bits per heavy atom. The van der Waals surface area contributed by atoms with Crippen molar-refractivity contribution >= 4 is 11.7 Å². The molecule has 0 saturated carbocycles. The molecule has 0 N–H and O–H groups in total. The quantitative estimate of drug-likeness (QED) is 0.101. The van der Waals surface area contributed by atoms with Crippen LogP contribution in [0, 0.1) is 45.3 Å². The molecule has 10 aromatic heterocycles. The molecule has 19 heteroatoms. The Hall–Kier alpha value is -11.3. The van der Waals surface area contributed by atoms with Gasteiger partial charge in [-0.25, -0.2) is 31.7 Å². The van der Waals surface area contributed by atoms with E-state index < -0.39 is 11.1 Å². The van der Waals surface area contributed by atoms with Gasteiger partial charge in [0.05, 0.1) is 45.6 Å². The van der Waals surface area contributed by atoms with Crippen molar-refractivity contribution in [1.29, 1.82) is 21.0 Å². The minimum absolute atomic E-state index is 0. The summed E-state index contributed by atoms with van der Waals surface area (Å²) in [6.07, 6.45) is 13.9. The minimum atomic E-state index is -0.403. The fourth-order valence-electron chi connectivity index (χ4n) is 6.47. The van der Waals surface area contributed by atoms with Crippen LogP contribution in [0.4, 0.5) is 0 Å². The first-order chi connectivity index (χ1) is 36.5. The van der Waals surface area contributed by atoms with Gasteiger partial charge in [0, 0.05) is 49.6 Å². The van der Waals surface area contributed by atoms with E-state index in [1.165, 1.54) is 36.0 Å². The SMILES string of the molecule is N#CC(=C=[N-])C#N.N#CC(=C=[N-])C#N.[Co+2].c1ccc(-c2nc(-c3ccccn3)c(-c3ccccn3)nc2-c2ccccn2)nc1.c1ccc(-c2nc(-c3ccccn3)c(-c3ccccn3)nc2-c2ccccn2)nc1. The van der Waals surface area contributed by atoms with E-state index in [-0.39, 0.29) is 16.8 Å². The van der Waals surface area contributed by atoms with E-state index in [2.05, 4.69) is 39.9 Å². The molecule has 1 radical (unpaired) electrons. The van der Waals surface area contributed by atoms with E-state index >= 15 is 0 Å². The fraction of sp³-hybridized carbons (Fsp3) is 0. The van der Waals surface area contributed by atoms with Gasteiger partial charge >= 0.3 is 16.8 Å². The largest absolute Gasteiger partial charge is 2.00 e. The van der Waals surface area contributed by atoms with Gasteiger partial charge in [0.25, 0.3) is 0 Å². The third-order valence-corrected chi connectivity index (χ3v) is 9.72. The maximum absolute atomic E-state index is 7.79. The van der Waals surface area contributed by atoms with Crippen LogP contribution in [0.25, 0.3) is 102 Å². The van der Waals surface area contributed by atoms with E-state index in [4.69, 9.17) is 51.8 Å². The first-order valence-corrected chi connectivity index (χ1v) is 21.8. The number of aromatic nitrogens is 12. The molecule has 0 fully saturated rings. The van der Waals surface area contributed by atoms with Crippen LogP contribution in [0.2, 0.25) is 0 Å². The molecule has 355 valence electrons. The molecule has 10 heterocycles. The van der Waals surface area contributed by atoms with Crippen molar-refractivity contribution in [2.75, 3.05) is 0 Å². The first kappa shape index (κ1) is 53.1. The van der Waals surface area contributed by atoms with Crippen LogP contribution in [0.1, 0.15) is 0 Å².